The lowest BCUT2D eigenvalue weighted by atomic mass is 10.3. The Morgan fingerprint density at radius 3 is 2.48 bits per heavy atom. The number of benzene rings is 1. The summed E-state index contributed by atoms with van der Waals surface area (Å²) in [6.45, 7) is 0.0823. The van der Waals surface area contributed by atoms with Crippen molar-refractivity contribution in [2.45, 2.75) is 11.4 Å². The zero-order chi connectivity index (χ0) is 15.8. The van der Waals surface area contributed by atoms with Crippen LogP contribution in [0.2, 0.25) is 10.0 Å². The minimum atomic E-state index is -3.89. The average molecular weight is 479 g/mol. The molecule has 0 aliphatic heterocycles. The average Bonchev–Trinajstić information content (AvgIpc) is 2.81. The molecule has 5 nitrogen and oxygen atoms in total. The van der Waals surface area contributed by atoms with Crippen LogP contribution in [0.4, 0.5) is 5.69 Å². The van der Waals surface area contributed by atoms with Gasteiger partial charge in [-0.2, -0.15) is 0 Å². The molecule has 0 radical (unpaired) electrons. The van der Waals surface area contributed by atoms with Crippen LogP contribution < -0.4 is 10.5 Å². The van der Waals surface area contributed by atoms with Crippen molar-refractivity contribution >= 4 is 70.8 Å². The first-order valence-corrected chi connectivity index (χ1v) is 9.23. The Kier molecular flexibility index (Phi) is 5.27. The first kappa shape index (κ1) is 17.1. The number of nitrogens with one attached hydrogen (secondary N) is 1. The van der Waals surface area contributed by atoms with Gasteiger partial charge in [0.2, 0.25) is 0 Å². The summed E-state index contributed by atoms with van der Waals surface area (Å²) in [5.74, 6) is 0.335. The van der Waals surface area contributed by atoms with Gasteiger partial charge < -0.3 is 10.2 Å². The summed E-state index contributed by atoms with van der Waals surface area (Å²) in [7, 11) is -3.89. The largest absolute Gasteiger partial charge is 0.452 e. The van der Waals surface area contributed by atoms with Gasteiger partial charge in [-0.15, -0.1) is 0 Å². The first-order chi connectivity index (χ1) is 9.76. The zero-order valence-corrected chi connectivity index (χ0v) is 15.7. The van der Waals surface area contributed by atoms with Gasteiger partial charge in [-0.1, -0.05) is 23.2 Å². The first-order valence-electron chi connectivity index (χ1n) is 5.41. The van der Waals surface area contributed by atoms with Gasteiger partial charge in [-0.05, 0) is 44.0 Å². The zero-order valence-electron chi connectivity index (χ0n) is 10.2. The highest BCUT2D eigenvalue weighted by Gasteiger charge is 2.24. The van der Waals surface area contributed by atoms with Crippen LogP contribution in [0.25, 0.3) is 0 Å². The Bertz CT molecular complexity index is 793. The molecule has 3 N–H and O–H groups in total. The van der Waals surface area contributed by atoms with Crippen LogP contribution >= 0.6 is 55.1 Å². The van der Waals surface area contributed by atoms with Gasteiger partial charge in [0.05, 0.1) is 22.3 Å². The number of hydrogen-bond donors (Lipinski definition) is 2. The van der Waals surface area contributed by atoms with Crippen molar-refractivity contribution in [3.8, 4) is 0 Å². The number of furan rings is 1. The fraction of sp³-hybridized carbons (Fsp3) is 0.0909. The second-order valence-electron chi connectivity index (χ2n) is 3.88. The molecule has 2 rings (SSSR count). The quantitative estimate of drug-likeness (QED) is 0.639. The molecule has 0 aliphatic carbocycles. The molecule has 0 amide bonds. The molecule has 1 heterocycles. The van der Waals surface area contributed by atoms with E-state index in [4.69, 9.17) is 33.4 Å². The molecule has 0 spiro atoms. The van der Waals surface area contributed by atoms with Crippen LogP contribution in [0.5, 0.6) is 0 Å². The summed E-state index contributed by atoms with van der Waals surface area (Å²) >= 11 is 18.2. The molecule has 114 valence electrons. The van der Waals surface area contributed by atoms with Gasteiger partial charge in [-0.3, -0.25) is 4.72 Å². The number of nitrogens with two attached hydrogens (primary N) is 1. The van der Waals surface area contributed by atoms with Gasteiger partial charge in [0.1, 0.15) is 10.7 Å². The van der Waals surface area contributed by atoms with Crippen LogP contribution in [0.3, 0.4) is 0 Å². The summed E-state index contributed by atoms with van der Waals surface area (Å²) in [6.07, 6.45) is 0. The van der Waals surface area contributed by atoms with Gasteiger partial charge >= 0.3 is 0 Å². The molecule has 2 aromatic rings. The van der Waals surface area contributed by atoms with Gasteiger partial charge in [0.15, 0.2) is 4.67 Å². The third-order valence-electron chi connectivity index (χ3n) is 2.48. The third kappa shape index (κ3) is 3.57. The molecule has 21 heavy (non-hydrogen) atoms. The number of sulfonamides is 1. The van der Waals surface area contributed by atoms with E-state index in [9.17, 15) is 8.42 Å². The van der Waals surface area contributed by atoms with Crippen LogP contribution in [-0.2, 0) is 16.6 Å². The molecule has 0 saturated heterocycles. The Hall–Kier alpha value is -0.250. The van der Waals surface area contributed by atoms with E-state index in [2.05, 4.69) is 36.6 Å². The van der Waals surface area contributed by atoms with Crippen molar-refractivity contribution in [2.75, 3.05) is 4.72 Å². The normalized spacial score (nSPS) is 11.7. The van der Waals surface area contributed by atoms with E-state index >= 15 is 0 Å². The molecule has 0 fully saturated rings. The summed E-state index contributed by atoms with van der Waals surface area (Å²) < 4.78 is 32.8. The predicted octanol–water partition coefficient (Wildman–Crippen LogP) is 4.37. The topological polar surface area (TPSA) is 85.3 Å². The van der Waals surface area contributed by atoms with E-state index < -0.39 is 10.0 Å². The monoisotopic (exact) mass is 476 g/mol. The SMILES string of the molecule is NCc1cc(S(=O)(=O)Nc2ccc(Br)c(Cl)c2Cl)c(Br)o1. The molecule has 1 aromatic heterocycles. The fourth-order valence-electron chi connectivity index (χ4n) is 1.49. The lowest BCUT2D eigenvalue weighted by Crippen LogP contribution is -2.13. The molecular formula is C11H8Br2Cl2N2O3S. The molecule has 10 heteroatoms. The molecule has 0 atom stereocenters. The van der Waals surface area contributed by atoms with Crippen molar-refractivity contribution in [3.63, 3.8) is 0 Å². The Morgan fingerprint density at radius 2 is 1.90 bits per heavy atom. The van der Waals surface area contributed by atoms with E-state index in [1.807, 2.05) is 0 Å². The lowest BCUT2D eigenvalue weighted by molar-refractivity contribution is 0.484. The standard InChI is InChI=1S/C11H8Br2Cl2N2O3S/c12-6-1-2-7(10(15)9(6)14)17-21(18,19)8-3-5(4-16)20-11(8)13/h1-3,17H,4,16H2. The highest BCUT2D eigenvalue weighted by molar-refractivity contribution is 9.10. The second-order valence-corrected chi connectivity index (χ2v) is 7.86. The smallest absolute Gasteiger partial charge is 0.266 e. The predicted molar refractivity (Wildman–Crippen MR) is 89.3 cm³/mol. The molecule has 0 saturated carbocycles. The van der Waals surface area contributed by atoms with Crippen LogP contribution in [-0.4, -0.2) is 8.42 Å². The van der Waals surface area contributed by atoms with E-state index in [1.165, 1.54) is 12.1 Å². The fourth-order valence-corrected chi connectivity index (χ4v) is 4.43. The molecule has 1 aromatic carbocycles. The van der Waals surface area contributed by atoms with Crippen molar-refractivity contribution in [2.24, 2.45) is 5.73 Å². The Balaban J connectivity index is 2.42. The molecule has 0 aliphatic rings. The van der Waals surface area contributed by atoms with Gasteiger partial charge in [0.25, 0.3) is 10.0 Å². The molecule has 0 unspecified atom stereocenters. The minimum absolute atomic E-state index is 0.0646. The van der Waals surface area contributed by atoms with Crippen molar-refractivity contribution in [1.29, 1.82) is 0 Å². The summed E-state index contributed by atoms with van der Waals surface area (Å²) in [6, 6.07) is 4.41. The highest BCUT2D eigenvalue weighted by Crippen LogP contribution is 2.37. The lowest BCUT2D eigenvalue weighted by Gasteiger charge is -2.10. The number of anilines is 1. The Morgan fingerprint density at radius 1 is 1.24 bits per heavy atom. The minimum Gasteiger partial charge on any atom is -0.452 e. The van der Waals surface area contributed by atoms with E-state index in [-0.39, 0.29) is 31.8 Å². The van der Waals surface area contributed by atoms with E-state index in [1.54, 1.807) is 6.07 Å². The van der Waals surface area contributed by atoms with E-state index in [0.717, 1.165) is 0 Å². The maximum Gasteiger partial charge on any atom is 0.266 e. The summed E-state index contributed by atoms with van der Waals surface area (Å²) in [5.41, 5.74) is 5.57. The van der Waals surface area contributed by atoms with E-state index in [0.29, 0.717) is 10.2 Å². The number of hydrogen-bond acceptors (Lipinski definition) is 4. The van der Waals surface area contributed by atoms with Crippen molar-refractivity contribution in [1.82, 2.24) is 0 Å². The van der Waals surface area contributed by atoms with Crippen LogP contribution in [0, 0.1) is 0 Å². The van der Waals surface area contributed by atoms with Crippen LogP contribution in [0.1, 0.15) is 5.76 Å². The summed E-state index contributed by atoms with van der Waals surface area (Å²) in [4.78, 5) is -0.0712. The maximum absolute atomic E-state index is 12.3. The van der Waals surface area contributed by atoms with Crippen molar-refractivity contribution < 1.29 is 12.8 Å². The van der Waals surface area contributed by atoms with Gasteiger partial charge in [-0.25, -0.2) is 8.42 Å². The molecular weight excluding hydrogens is 471 g/mol. The third-order valence-corrected chi connectivity index (χ3v) is 6.47. The maximum atomic E-state index is 12.3. The van der Waals surface area contributed by atoms with Crippen molar-refractivity contribution in [3.05, 3.63) is 43.1 Å². The second kappa shape index (κ2) is 6.47. The van der Waals surface area contributed by atoms with Gasteiger partial charge in [0, 0.05) is 10.5 Å². The highest BCUT2D eigenvalue weighted by atomic mass is 79.9. The Labute approximate surface area is 148 Å². The molecule has 0 bridgehead atoms. The summed E-state index contributed by atoms with van der Waals surface area (Å²) in [5, 5.41) is 0.305. The van der Waals surface area contributed by atoms with Crippen LogP contribution in [0.15, 0.2) is 36.7 Å². The number of halogens is 4. The number of rotatable bonds is 4.